The van der Waals surface area contributed by atoms with E-state index < -0.39 is 18.4 Å². The average Bonchev–Trinajstić information content (AvgIpc) is 2.28. The van der Waals surface area contributed by atoms with Gasteiger partial charge in [0.25, 0.3) is 0 Å². The Kier molecular flexibility index (Phi) is 7.90. The van der Waals surface area contributed by atoms with E-state index in [4.69, 9.17) is 0 Å². The van der Waals surface area contributed by atoms with E-state index in [1.54, 1.807) is 13.3 Å². The van der Waals surface area contributed by atoms with Gasteiger partial charge in [-0.25, -0.2) is 0 Å². The van der Waals surface area contributed by atoms with Crippen LogP contribution < -0.4 is 0 Å². The Balaban J connectivity index is 2.67. The molecule has 0 nitrogen and oxygen atoms in total. The van der Waals surface area contributed by atoms with Crippen LogP contribution in [0.3, 0.4) is 0 Å². The van der Waals surface area contributed by atoms with Gasteiger partial charge in [0.05, 0.1) is 0 Å². The predicted molar refractivity (Wildman–Crippen MR) is 82.2 cm³/mol. The third kappa shape index (κ3) is 4.61. The first kappa shape index (κ1) is 15.6. The first-order chi connectivity index (χ1) is 8.29. The second kappa shape index (κ2) is 8.61. The Bertz CT molecular complexity index is 208. The van der Waals surface area contributed by atoms with E-state index in [1.807, 2.05) is 3.59 Å². The molecule has 0 heterocycles. The average molecular weight is 343 g/mol. The molecule has 0 aromatic carbocycles. The maximum absolute atomic E-state index is 2.64. The van der Waals surface area contributed by atoms with Gasteiger partial charge >= 0.3 is 113 Å². The molecule has 0 saturated heterocycles. The summed E-state index contributed by atoms with van der Waals surface area (Å²) in [6.07, 6.45) is 14.3. The van der Waals surface area contributed by atoms with E-state index in [0.29, 0.717) is 0 Å². The molecule has 0 spiro atoms. The zero-order valence-electron chi connectivity index (χ0n) is 12.4. The number of hydrogen-bond acceptors (Lipinski definition) is 0. The van der Waals surface area contributed by atoms with Crippen molar-refractivity contribution < 1.29 is 0 Å². The number of rotatable bonds is 10. The molecule has 100 valence electrons. The van der Waals surface area contributed by atoms with Crippen molar-refractivity contribution in [3.63, 3.8) is 0 Å². The van der Waals surface area contributed by atoms with Crippen LogP contribution in [0.15, 0.2) is 9.67 Å². The van der Waals surface area contributed by atoms with E-state index in [-0.39, 0.29) is 0 Å². The van der Waals surface area contributed by atoms with Gasteiger partial charge in [0, 0.05) is 0 Å². The molecule has 0 aromatic heterocycles. The molecule has 0 saturated carbocycles. The van der Waals surface area contributed by atoms with Gasteiger partial charge in [-0.2, -0.15) is 0 Å². The Hall–Kier alpha value is 0.539. The molecule has 17 heavy (non-hydrogen) atoms. The fourth-order valence-corrected chi connectivity index (χ4v) is 20.5. The molecule has 0 unspecified atom stereocenters. The summed E-state index contributed by atoms with van der Waals surface area (Å²) in [4.78, 5) is 0. The minimum absolute atomic E-state index is 1.40. The molecule has 0 fully saturated rings. The summed E-state index contributed by atoms with van der Waals surface area (Å²) < 4.78 is 7.03. The first-order valence-electron chi connectivity index (χ1n) is 7.98. The molecule has 1 aliphatic rings. The Labute approximate surface area is 113 Å². The van der Waals surface area contributed by atoms with Crippen LogP contribution in [0.1, 0.15) is 72.1 Å². The van der Waals surface area contributed by atoms with Gasteiger partial charge in [-0.1, -0.05) is 0 Å². The van der Waals surface area contributed by atoms with Crippen molar-refractivity contribution in [2.24, 2.45) is 0 Å². The van der Waals surface area contributed by atoms with E-state index in [0.717, 1.165) is 0 Å². The summed E-state index contributed by atoms with van der Waals surface area (Å²) in [6.45, 7) is 7.10. The third-order valence-corrected chi connectivity index (χ3v) is 20.9. The molecule has 1 rings (SSSR count). The zero-order chi connectivity index (χ0) is 12.6. The monoisotopic (exact) mass is 344 g/mol. The second-order valence-corrected chi connectivity index (χ2v) is 19.3. The van der Waals surface area contributed by atoms with Crippen molar-refractivity contribution in [3.05, 3.63) is 9.67 Å². The molecule has 0 amide bonds. The van der Waals surface area contributed by atoms with E-state index in [2.05, 4.69) is 26.8 Å². The van der Waals surface area contributed by atoms with E-state index in [1.165, 1.54) is 51.4 Å². The molecule has 0 aliphatic heterocycles. The molecular formula is C16H32Sn. The molecule has 0 atom stereocenters. The van der Waals surface area contributed by atoms with Crippen LogP contribution in [0.4, 0.5) is 0 Å². The Morgan fingerprint density at radius 2 is 1.29 bits per heavy atom. The van der Waals surface area contributed by atoms with Crippen molar-refractivity contribution in [1.82, 2.24) is 0 Å². The Morgan fingerprint density at radius 1 is 0.882 bits per heavy atom. The van der Waals surface area contributed by atoms with Crippen molar-refractivity contribution in [2.45, 2.75) is 85.4 Å². The standard InChI is InChI=1S/C4H5.3C4H9.Sn/c1-2-4-3-1;3*1-3-4-2;/h1H,2,4H2;3*1,3-4H2,2H3;. The molecule has 1 heteroatoms. The molecular weight excluding hydrogens is 311 g/mol. The minimum atomic E-state index is -1.85. The van der Waals surface area contributed by atoms with Crippen molar-refractivity contribution in [2.75, 3.05) is 0 Å². The van der Waals surface area contributed by atoms with Gasteiger partial charge in [-0.15, -0.1) is 0 Å². The summed E-state index contributed by atoms with van der Waals surface area (Å²) in [5.74, 6) is 0. The number of hydrogen-bond donors (Lipinski definition) is 0. The fourth-order valence-electron chi connectivity index (χ4n) is 3.17. The van der Waals surface area contributed by atoms with Crippen LogP contribution in [0.5, 0.6) is 0 Å². The predicted octanol–water partition coefficient (Wildman–Crippen LogP) is 6.09. The molecule has 0 aromatic rings. The SMILES string of the molecule is CCC[CH2][Sn]([CH2]CCC)([CH2]CCC)[C]1=CCC1. The topological polar surface area (TPSA) is 0 Å². The third-order valence-electron chi connectivity index (χ3n) is 4.51. The summed E-state index contributed by atoms with van der Waals surface area (Å²) in [7, 11) is 0. The van der Waals surface area contributed by atoms with E-state index >= 15 is 0 Å². The summed E-state index contributed by atoms with van der Waals surface area (Å²) in [6, 6.07) is 0. The molecule has 0 bridgehead atoms. The van der Waals surface area contributed by atoms with Gasteiger partial charge in [-0.05, 0) is 0 Å². The number of unbranched alkanes of at least 4 members (excludes halogenated alkanes) is 3. The van der Waals surface area contributed by atoms with Crippen LogP contribution >= 0.6 is 0 Å². The van der Waals surface area contributed by atoms with Crippen LogP contribution in [0.25, 0.3) is 0 Å². The summed E-state index contributed by atoms with van der Waals surface area (Å²) in [5.41, 5.74) is 0. The Morgan fingerprint density at radius 3 is 1.53 bits per heavy atom. The van der Waals surface area contributed by atoms with Crippen molar-refractivity contribution >= 4 is 18.4 Å². The molecule has 1 aliphatic carbocycles. The van der Waals surface area contributed by atoms with Crippen molar-refractivity contribution in [1.29, 1.82) is 0 Å². The van der Waals surface area contributed by atoms with E-state index in [9.17, 15) is 0 Å². The summed E-state index contributed by atoms with van der Waals surface area (Å²) in [5, 5.41) is 0. The second-order valence-electron chi connectivity index (χ2n) is 5.86. The first-order valence-corrected chi connectivity index (χ1v) is 15.5. The normalized spacial score (nSPS) is 15.6. The zero-order valence-corrected chi connectivity index (χ0v) is 15.2. The number of allylic oxidation sites excluding steroid dienone is 2. The van der Waals surface area contributed by atoms with Crippen LogP contribution in [-0.2, 0) is 0 Å². The molecule has 0 radical (unpaired) electrons. The quantitative estimate of drug-likeness (QED) is 0.421. The van der Waals surface area contributed by atoms with Gasteiger partial charge in [0.1, 0.15) is 0 Å². The van der Waals surface area contributed by atoms with Crippen LogP contribution in [-0.4, -0.2) is 18.4 Å². The maximum atomic E-state index is 2.64. The van der Waals surface area contributed by atoms with Gasteiger partial charge < -0.3 is 0 Å². The van der Waals surface area contributed by atoms with Crippen molar-refractivity contribution in [3.8, 4) is 0 Å². The van der Waals surface area contributed by atoms with Gasteiger partial charge in [0.15, 0.2) is 0 Å². The molecule has 0 N–H and O–H groups in total. The fraction of sp³-hybridized carbons (Fsp3) is 0.875. The van der Waals surface area contributed by atoms with Crippen LogP contribution in [0, 0.1) is 0 Å². The summed E-state index contributed by atoms with van der Waals surface area (Å²) >= 11 is -1.85. The van der Waals surface area contributed by atoms with Crippen LogP contribution in [0.2, 0.25) is 13.3 Å². The van der Waals surface area contributed by atoms with Gasteiger partial charge in [0.2, 0.25) is 0 Å². The van der Waals surface area contributed by atoms with Gasteiger partial charge in [-0.3, -0.25) is 0 Å².